The van der Waals surface area contributed by atoms with Crippen LogP contribution in [0.15, 0.2) is 24.5 Å². The zero-order valence-corrected chi connectivity index (χ0v) is 10.4. The van der Waals surface area contributed by atoms with E-state index in [1.165, 1.54) is 0 Å². The van der Waals surface area contributed by atoms with Gasteiger partial charge in [0.2, 0.25) is 0 Å². The summed E-state index contributed by atoms with van der Waals surface area (Å²) < 4.78 is 0. The van der Waals surface area contributed by atoms with E-state index >= 15 is 0 Å². The highest BCUT2D eigenvalue weighted by Crippen LogP contribution is 2.18. The van der Waals surface area contributed by atoms with Crippen molar-refractivity contribution in [2.75, 3.05) is 31.1 Å². The smallest absolute Gasteiger partial charge is 0.139 e. The van der Waals surface area contributed by atoms with E-state index in [2.05, 4.69) is 16.8 Å². The van der Waals surface area contributed by atoms with E-state index in [9.17, 15) is 5.11 Å². The number of aliphatic hydroxyl groups excluding tert-OH is 1. The molecule has 0 radical (unpaired) electrons. The zero-order valence-electron chi connectivity index (χ0n) is 10.4. The van der Waals surface area contributed by atoms with Crippen LogP contribution in [-0.2, 0) is 0 Å². The number of rotatable bonds is 3. The van der Waals surface area contributed by atoms with E-state index in [1.807, 2.05) is 23.2 Å². The van der Waals surface area contributed by atoms with Gasteiger partial charge in [0, 0.05) is 25.8 Å². The molecule has 0 spiro atoms. The van der Waals surface area contributed by atoms with Crippen molar-refractivity contribution in [1.29, 1.82) is 0 Å². The van der Waals surface area contributed by atoms with Crippen molar-refractivity contribution in [1.82, 2.24) is 9.88 Å². The van der Waals surface area contributed by atoms with E-state index in [0.717, 1.165) is 44.7 Å². The number of aromatic nitrogens is 1. The maximum absolute atomic E-state index is 10.3. The minimum absolute atomic E-state index is 0.423. The van der Waals surface area contributed by atoms with E-state index in [1.54, 1.807) is 6.20 Å². The third-order valence-electron chi connectivity index (χ3n) is 3.17. The highest BCUT2D eigenvalue weighted by atomic mass is 16.3. The molecule has 1 saturated heterocycles. The van der Waals surface area contributed by atoms with Crippen LogP contribution in [0.5, 0.6) is 0 Å². The van der Waals surface area contributed by atoms with Crippen LogP contribution in [-0.4, -0.2) is 47.4 Å². The number of hydrogen-bond acceptors (Lipinski definition) is 4. The van der Waals surface area contributed by atoms with Crippen LogP contribution < -0.4 is 4.90 Å². The van der Waals surface area contributed by atoms with Crippen LogP contribution in [0.3, 0.4) is 0 Å². The molecule has 2 rings (SSSR count). The average molecular weight is 235 g/mol. The van der Waals surface area contributed by atoms with Gasteiger partial charge in [-0.25, -0.2) is 0 Å². The molecule has 1 aromatic rings. The summed E-state index contributed by atoms with van der Waals surface area (Å²) in [7, 11) is 0. The van der Waals surface area contributed by atoms with Gasteiger partial charge in [0.1, 0.15) is 6.23 Å². The molecule has 1 atom stereocenters. The minimum Gasteiger partial charge on any atom is -0.372 e. The molecular formula is C13H21N3O. The van der Waals surface area contributed by atoms with Gasteiger partial charge in [-0.3, -0.25) is 9.88 Å². The summed E-state index contributed by atoms with van der Waals surface area (Å²) in [5.41, 5.74) is 1.01. The number of aliphatic hydroxyl groups is 1. The lowest BCUT2D eigenvalue weighted by atomic mass is 10.3. The highest BCUT2D eigenvalue weighted by Gasteiger charge is 2.22. The largest absolute Gasteiger partial charge is 0.372 e. The molecular weight excluding hydrogens is 214 g/mol. The summed E-state index contributed by atoms with van der Waals surface area (Å²) in [5, 5.41) is 10.3. The fourth-order valence-electron chi connectivity index (χ4n) is 2.38. The second-order valence-corrected chi connectivity index (χ2v) is 4.54. The van der Waals surface area contributed by atoms with Crippen molar-refractivity contribution < 1.29 is 5.11 Å². The van der Waals surface area contributed by atoms with Gasteiger partial charge in [-0.15, -0.1) is 0 Å². The Balaban J connectivity index is 2.05. The molecule has 4 heteroatoms. The van der Waals surface area contributed by atoms with Crippen LogP contribution in [0, 0.1) is 0 Å². The lowest BCUT2D eigenvalue weighted by Crippen LogP contribution is -2.41. The fourth-order valence-corrected chi connectivity index (χ4v) is 2.38. The quantitative estimate of drug-likeness (QED) is 0.858. The summed E-state index contributed by atoms with van der Waals surface area (Å²) in [6.45, 7) is 5.94. The number of β-amino-alcohol motifs (C(OH)–C–C–N with tert-alkyl or cyclic N) is 1. The molecule has 94 valence electrons. The van der Waals surface area contributed by atoms with Crippen LogP contribution in [0.4, 0.5) is 5.69 Å². The Bertz CT molecular complexity index is 331. The van der Waals surface area contributed by atoms with Crippen LogP contribution in [0.2, 0.25) is 0 Å². The van der Waals surface area contributed by atoms with Gasteiger partial charge in [-0.1, -0.05) is 6.92 Å². The van der Waals surface area contributed by atoms with Crippen LogP contribution in [0.1, 0.15) is 19.8 Å². The molecule has 1 unspecified atom stereocenters. The van der Waals surface area contributed by atoms with E-state index in [4.69, 9.17) is 0 Å². The summed E-state index contributed by atoms with van der Waals surface area (Å²) in [6, 6.07) is 3.92. The molecule has 2 heterocycles. The molecule has 0 amide bonds. The predicted molar refractivity (Wildman–Crippen MR) is 68.9 cm³/mol. The molecule has 1 N–H and O–H groups in total. The molecule has 1 aliphatic rings. The van der Waals surface area contributed by atoms with Gasteiger partial charge < -0.3 is 10.0 Å². The first kappa shape index (κ1) is 12.3. The van der Waals surface area contributed by atoms with Gasteiger partial charge >= 0.3 is 0 Å². The molecule has 0 saturated carbocycles. The first-order valence-corrected chi connectivity index (χ1v) is 6.38. The maximum Gasteiger partial charge on any atom is 0.139 e. The highest BCUT2D eigenvalue weighted by molar-refractivity contribution is 5.44. The van der Waals surface area contributed by atoms with E-state index < -0.39 is 6.23 Å². The molecule has 0 bridgehead atoms. The Labute approximate surface area is 103 Å². The molecule has 1 aromatic heterocycles. The summed E-state index contributed by atoms with van der Waals surface area (Å²) in [6.07, 6.45) is 5.38. The monoisotopic (exact) mass is 235 g/mol. The van der Waals surface area contributed by atoms with Crippen molar-refractivity contribution in [3.8, 4) is 0 Å². The Morgan fingerprint density at radius 2 is 2.35 bits per heavy atom. The number of pyridine rings is 1. The Kier molecular flexibility index (Phi) is 4.34. The zero-order chi connectivity index (χ0) is 12.1. The lowest BCUT2D eigenvalue weighted by Gasteiger charge is -2.29. The van der Waals surface area contributed by atoms with Crippen molar-refractivity contribution in [3.63, 3.8) is 0 Å². The Morgan fingerprint density at radius 3 is 3.06 bits per heavy atom. The predicted octanol–water partition coefficient (Wildman–Crippen LogP) is 1.32. The summed E-state index contributed by atoms with van der Waals surface area (Å²) >= 11 is 0. The van der Waals surface area contributed by atoms with E-state index in [-0.39, 0.29) is 0 Å². The van der Waals surface area contributed by atoms with Gasteiger partial charge in [-0.05, 0) is 31.5 Å². The van der Waals surface area contributed by atoms with Gasteiger partial charge in [0.25, 0.3) is 0 Å². The van der Waals surface area contributed by atoms with Crippen molar-refractivity contribution >= 4 is 5.69 Å². The normalized spacial score (nSPS) is 22.5. The second-order valence-electron chi connectivity index (χ2n) is 4.54. The number of nitrogens with zero attached hydrogens (tertiary/aromatic N) is 3. The molecule has 17 heavy (non-hydrogen) atoms. The topological polar surface area (TPSA) is 39.6 Å². The van der Waals surface area contributed by atoms with Crippen molar-refractivity contribution in [3.05, 3.63) is 24.5 Å². The fraction of sp³-hybridized carbons (Fsp3) is 0.615. The minimum atomic E-state index is -0.423. The van der Waals surface area contributed by atoms with Crippen LogP contribution >= 0.6 is 0 Å². The van der Waals surface area contributed by atoms with E-state index in [0.29, 0.717) is 0 Å². The van der Waals surface area contributed by atoms with Gasteiger partial charge in [0.15, 0.2) is 0 Å². The van der Waals surface area contributed by atoms with Crippen molar-refractivity contribution in [2.24, 2.45) is 0 Å². The molecule has 0 aliphatic carbocycles. The Hall–Kier alpha value is -1.13. The summed E-state index contributed by atoms with van der Waals surface area (Å²) in [4.78, 5) is 8.49. The first-order valence-electron chi connectivity index (χ1n) is 6.38. The third kappa shape index (κ3) is 3.17. The molecule has 1 fully saturated rings. The number of hydrogen-bond donors (Lipinski definition) is 1. The average Bonchev–Trinajstić information content (AvgIpc) is 2.52. The van der Waals surface area contributed by atoms with Gasteiger partial charge in [0.05, 0.1) is 11.9 Å². The van der Waals surface area contributed by atoms with Gasteiger partial charge in [-0.2, -0.15) is 0 Å². The summed E-state index contributed by atoms with van der Waals surface area (Å²) in [5.74, 6) is 0. The maximum atomic E-state index is 10.3. The lowest BCUT2D eigenvalue weighted by molar-refractivity contribution is 0.124. The molecule has 0 aromatic carbocycles. The number of anilines is 1. The third-order valence-corrected chi connectivity index (χ3v) is 3.17. The standard InChI is InChI=1S/C13H21N3O/c1-2-7-15-8-4-9-16(13(17)11-15)12-5-3-6-14-10-12/h3,5-6,10,13,17H,2,4,7-9,11H2,1H3. The Morgan fingerprint density at radius 1 is 1.47 bits per heavy atom. The van der Waals surface area contributed by atoms with Crippen molar-refractivity contribution in [2.45, 2.75) is 26.0 Å². The SMILES string of the molecule is CCCN1CCCN(c2cccnc2)C(O)C1. The first-order chi connectivity index (χ1) is 8.31. The van der Waals surface area contributed by atoms with Crippen LogP contribution in [0.25, 0.3) is 0 Å². The molecule has 1 aliphatic heterocycles. The second kappa shape index (κ2) is 5.98. The molecule has 4 nitrogen and oxygen atoms in total.